The molecule has 1 unspecified atom stereocenters. The summed E-state index contributed by atoms with van der Waals surface area (Å²) in [7, 11) is 1.57. The second kappa shape index (κ2) is 8.66. The Hall–Kier alpha value is -3.20. The van der Waals surface area contributed by atoms with E-state index in [1.807, 2.05) is 25.1 Å². The fourth-order valence-electron chi connectivity index (χ4n) is 3.33. The zero-order valence-electron chi connectivity index (χ0n) is 17.0. The molecule has 8 nitrogen and oxygen atoms in total. The maximum Gasteiger partial charge on any atom is 0.256 e. The van der Waals surface area contributed by atoms with Crippen molar-refractivity contribution in [3.63, 3.8) is 0 Å². The molecular formula is C21H23N5O3S. The third-order valence-corrected chi connectivity index (χ3v) is 5.72. The molecule has 1 aliphatic rings. The third kappa shape index (κ3) is 3.80. The molecule has 30 heavy (non-hydrogen) atoms. The first-order chi connectivity index (χ1) is 14.6. The topological polar surface area (TPSA) is 94.2 Å². The summed E-state index contributed by atoms with van der Waals surface area (Å²) in [5, 5.41) is 11.5. The van der Waals surface area contributed by atoms with Crippen LogP contribution in [0.2, 0.25) is 0 Å². The Morgan fingerprint density at radius 3 is 2.90 bits per heavy atom. The molecule has 2 N–H and O–H groups in total. The molecule has 0 aliphatic carbocycles. The van der Waals surface area contributed by atoms with Gasteiger partial charge in [-0.05, 0) is 37.6 Å². The number of anilines is 2. The Morgan fingerprint density at radius 2 is 2.17 bits per heavy atom. The lowest BCUT2D eigenvalue weighted by Crippen LogP contribution is -2.31. The Bertz CT molecular complexity index is 1070. The van der Waals surface area contributed by atoms with Crippen LogP contribution in [0.25, 0.3) is 0 Å². The van der Waals surface area contributed by atoms with Gasteiger partial charge in [-0.25, -0.2) is 4.68 Å². The number of aromatic nitrogens is 3. The normalized spacial score (nSPS) is 15.5. The predicted molar refractivity (Wildman–Crippen MR) is 116 cm³/mol. The van der Waals surface area contributed by atoms with Crippen LogP contribution in [0, 0.1) is 0 Å². The first kappa shape index (κ1) is 20.1. The fourth-order valence-corrected chi connectivity index (χ4v) is 4.01. The number of hydrogen-bond donors (Lipinski definition) is 2. The zero-order valence-corrected chi connectivity index (χ0v) is 17.8. The minimum atomic E-state index is -0.533. The number of ether oxygens (including phenoxy) is 1. The van der Waals surface area contributed by atoms with E-state index in [0.717, 1.165) is 12.2 Å². The van der Waals surface area contributed by atoms with Gasteiger partial charge in [0, 0.05) is 11.4 Å². The first-order valence-electron chi connectivity index (χ1n) is 9.67. The van der Waals surface area contributed by atoms with E-state index >= 15 is 0 Å². The van der Waals surface area contributed by atoms with E-state index in [1.54, 1.807) is 48.0 Å². The average Bonchev–Trinajstić information content (AvgIpc) is 3.41. The van der Waals surface area contributed by atoms with Crippen molar-refractivity contribution in [1.82, 2.24) is 14.8 Å². The monoisotopic (exact) mass is 425 g/mol. The van der Waals surface area contributed by atoms with Gasteiger partial charge in [0.15, 0.2) is 0 Å². The maximum atomic E-state index is 13.4. The molecule has 1 amide bonds. The number of fused-ring (bicyclic) bond motifs is 1. The number of furan rings is 1. The molecule has 0 spiro atoms. The van der Waals surface area contributed by atoms with Crippen LogP contribution in [0.5, 0.6) is 5.75 Å². The molecule has 1 aliphatic heterocycles. The van der Waals surface area contributed by atoms with Gasteiger partial charge in [-0.1, -0.05) is 30.8 Å². The number of carbonyl (C=O) groups excluding carboxylic acids is 1. The van der Waals surface area contributed by atoms with Crippen LogP contribution in [0.15, 0.2) is 63.5 Å². The van der Waals surface area contributed by atoms with Crippen LogP contribution in [0.4, 0.5) is 11.6 Å². The van der Waals surface area contributed by atoms with Crippen LogP contribution in [0.3, 0.4) is 0 Å². The third-order valence-electron chi connectivity index (χ3n) is 4.68. The molecule has 156 valence electrons. The van der Waals surface area contributed by atoms with Crippen LogP contribution < -0.4 is 15.4 Å². The summed E-state index contributed by atoms with van der Waals surface area (Å²) in [6.07, 6.45) is 2.61. The first-order valence-corrected chi connectivity index (χ1v) is 10.7. The lowest BCUT2D eigenvalue weighted by atomic mass is 10.00. The summed E-state index contributed by atoms with van der Waals surface area (Å²) in [6.45, 7) is 3.96. The van der Waals surface area contributed by atoms with Gasteiger partial charge in [0.25, 0.3) is 5.91 Å². The summed E-state index contributed by atoms with van der Waals surface area (Å²) in [4.78, 5) is 17.9. The summed E-state index contributed by atoms with van der Waals surface area (Å²) in [5.74, 6) is 2.43. The SMILES string of the molecule is CCCSc1nc2n(n1)C(c1ccco1)C(C(=O)Nc1ccccc1OC)=C(C)N2. The molecule has 3 heterocycles. The maximum absolute atomic E-state index is 13.4. The van der Waals surface area contributed by atoms with Crippen molar-refractivity contribution in [3.05, 3.63) is 59.7 Å². The Labute approximate surface area is 178 Å². The lowest BCUT2D eigenvalue weighted by molar-refractivity contribution is -0.113. The molecule has 0 radical (unpaired) electrons. The van der Waals surface area contributed by atoms with Crippen LogP contribution in [-0.4, -0.2) is 33.5 Å². The number of nitrogens with zero attached hydrogens (tertiary/aromatic N) is 3. The van der Waals surface area contributed by atoms with Crippen molar-refractivity contribution in [3.8, 4) is 5.75 Å². The van der Waals surface area contributed by atoms with E-state index in [4.69, 9.17) is 9.15 Å². The molecule has 1 aromatic carbocycles. The van der Waals surface area contributed by atoms with E-state index in [2.05, 4.69) is 27.6 Å². The molecule has 4 rings (SSSR count). The van der Waals surface area contributed by atoms with Gasteiger partial charge in [-0.2, -0.15) is 4.98 Å². The Kier molecular flexibility index (Phi) is 5.80. The Balaban J connectivity index is 1.72. The van der Waals surface area contributed by atoms with Gasteiger partial charge in [-0.15, -0.1) is 5.10 Å². The van der Waals surface area contributed by atoms with Gasteiger partial charge in [0.2, 0.25) is 11.1 Å². The second-order valence-electron chi connectivity index (χ2n) is 6.75. The smallest absolute Gasteiger partial charge is 0.256 e. The lowest BCUT2D eigenvalue weighted by Gasteiger charge is -2.27. The van der Waals surface area contributed by atoms with E-state index < -0.39 is 6.04 Å². The molecule has 9 heteroatoms. The number of methoxy groups -OCH3 is 1. The van der Waals surface area contributed by atoms with Gasteiger partial charge in [0.05, 0.1) is 24.6 Å². The highest BCUT2D eigenvalue weighted by molar-refractivity contribution is 7.99. The molecule has 2 aromatic heterocycles. The van der Waals surface area contributed by atoms with Gasteiger partial charge in [-0.3, -0.25) is 4.79 Å². The van der Waals surface area contributed by atoms with Crippen molar-refractivity contribution in [2.45, 2.75) is 31.5 Å². The largest absolute Gasteiger partial charge is 0.495 e. The number of thioether (sulfide) groups is 1. The predicted octanol–water partition coefficient (Wildman–Crippen LogP) is 4.31. The number of para-hydroxylation sites is 2. The van der Waals surface area contributed by atoms with Crippen molar-refractivity contribution in [2.75, 3.05) is 23.5 Å². The van der Waals surface area contributed by atoms with Crippen molar-refractivity contribution in [1.29, 1.82) is 0 Å². The molecule has 3 aromatic rings. The molecule has 0 bridgehead atoms. The van der Waals surface area contributed by atoms with Gasteiger partial charge in [0.1, 0.15) is 17.6 Å². The summed E-state index contributed by atoms with van der Waals surface area (Å²) < 4.78 is 12.8. The highest BCUT2D eigenvalue weighted by Crippen LogP contribution is 2.37. The van der Waals surface area contributed by atoms with E-state index in [-0.39, 0.29) is 5.91 Å². The number of hydrogen-bond acceptors (Lipinski definition) is 7. The standard InChI is InChI=1S/C21H23N5O3S/c1-4-12-30-21-24-20-22-13(2)17(18(26(20)25-21)16-10-7-11-29-16)19(27)23-14-8-5-6-9-15(14)28-3/h5-11,18H,4,12H2,1-3H3,(H,23,27)(H,22,24,25). The van der Waals surface area contributed by atoms with Crippen molar-refractivity contribution in [2.24, 2.45) is 0 Å². The highest BCUT2D eigenvalue weighted by Gasteiger charge is 2.36. The van der Waals surface area contributed by atoms with Crippen molar-refractivity contribution < 1.29 is 13.9 Å². The average molecular weight is 426 g/mol. The van der Waals surface area contributed by atoms with E-state index in [0.29, 0.717) is 39.6 Å². The number of nitrogens with one attached hydrogen (secondary N) is 2. The zero-order chi connectivity index (χ0) is 21.1. The number of carbonyl (C=O) groups is 1. The molecule has 0 saturated heterocycles. The van der Waals surface area contributed by atoms with Crippen molar-refractivity contribution >= 4 is 29.3 Å². The summed E-state index contributed by atoms with van der Waals surface area (Å²) >= 11 is 1.58. The quantitative estimate of drug-likeness (QED) is 0.545. The minimum absolute atomic E-state index is 0.269. The summed E-state index contributed by atoms with van der Waals surface area (Å²) in [6, 6.07) is 10.4. The number of amides is 1. The second-order valence-corrected chi connectivity index (χ2v) is 7.81. The molecule has 1 atom stereocenters. The van der Waals surface area contributed by atoms with Gasteiger partial charge < -0.3 is 19.8 Å². The van der Waals surface area contributed by atoms with E-state index in [9.17, 15) is 4.79 Å². The minimum Gasteiger partial charge on any atom is -0.495 e. The molecular weight excluding hydrogens is 402 g/mol. The highest BCUT2D eigenvalue weighted by atomic mass is 32.2. The fraction of sp³-hybridized carbons (Fsp3) is 0.286. The molecule has 0 fully saturated rings. The summed E-state index contributed by atoms with van der Waals surface area (Å²) in [5.41, 5.74) is 1.78. The van der Waals surface area contributed by atoms with Crippen LogP contribution in [0.1, 0.15) is 32.1 Å². The van der Waals surface area contributed by atoms with E-state index in [1.165, 1.54) is 0 Å². The van der Waals surface area contributed by atoms with Crippen LogP contribution >= 0.6 is 11.8 Å². The molecule has 0 saturated carbocycles. The Morgan fingerprint density at radius 1 is 1.33 bits per heavy atom. The van der Waals surface area contributed by atoms with Gasteiger partial charge >= 0.3 is 0 Å². The number of rotatable bonds is 7. The number of benzene rings is 1. The van der Waals surface area contributed by atoms with Crippen LogP contribution in [-0.2, 0) is 4.79 Å². The number of allylic oxidation sites excluding steroid dienone is 1.